The minimum atomic E-state index is -0.536. The van der Waals surface area contributed by atoms with E-state index >= 15 is 0 Å². The van der Waals surface area contributed by atoms with Gasteiger partial charge in [-0.15, -0.1) is 0 Å². The number of anilines is 1. The number of allylic oxidation sites excluding steroid dienone is 2. The maximum atomic E-state index is 13.9. The number of nitrogens with one attached hydrogen (secondary N) is 2. The molecule has 2 N–H and O–H groups in total. The topological polar surface area (TPSA) is 85.4 Å². The van der Waals surface area contributed by atoms with Gasteiger partial charge in [0.25, 0.3) is 5.56 Å². The van der Waals surface area contributed by atoms with Gasteiger partial charge in [-0.2, -0.15) is 0 Å². The number of methoxy groups -OCH3 is 1. The minimum absolute atomic E-state index is 0.0552. The molecule has 0 spiro atoms. The fourth-order valence-corrected chi connectivity index (χ4v) is 5.70. The van der Waals surface area contributed by atoms with Crippen molar-refractivity contribution in [2.45, 2.75) is 39.2 Å². The Hall–Kier alpha value is -4.52. The molecule has 1 aliphatic carbocycles. The molecule has 0 saturated heterocycles. The van der Waals surface area contributed by atoms with Gasteiger partial charge in [-0.1, -0.05) is 68.4 Å². The highest BCUT2D eigenvalue weighted by molar-refractivity contribution is 6.01. The Morgan fingerprint density at radius 2 is 1.64 bits per heavy atom. The Balaban J connectivity index is 1.46. The molecule has 4 aromatic rings. The molecule has 0 saturated carbocycles. The van der Waals surface area contributed by atoms with E-state index in [1.54, 1.807) is 7.11 Å². The number of fused-ring (bicyclic) bond motifs is 1. The Labute approximate surface area is 227 Å². The van der Waals surface area contributed by atoms with Crippen molar-refractivity contribution in [3.63, 3.8) is 0 Å². The van der Waals surface area contributed by atoms with Crippen LogP contribution in [0, 0.1) is 5.41 Å². The lowest BCUT2D eigenvalue weighted by Crippen LogP contribution is -2.35. The molecule has 1 aromatic heterocycles. The van der Waals surface area contributed by atoms with E-state index in [0.717, 1.165) is 22.5 Å². The van der Waals surface area contributed by atoms with Gasteiger partial charge in [-0.25, -0.2) is 4.68 Å². The predicted molar refractivity (Wildman–Crippen MR) is 151 cm³/mol. The molecule has 1 aliphatic heterocycles. The summed E-state index contributed by atoms with van der Waals surface area (Å²) in [6, 6.07) is 25.0. The molecule has 1 atom stereocenters. The van der Waals surface area contributed by atoms with E-state index in [1.807, 2.05) is 78.9 Å². The van der Waals surface area contributed by atoms with Crippen LogP contribution in [0.5, 0.6) is 11.5 Å². The third kappa shape index (κ3) is 4.54. The Kier molecular flexibility index (Phi) is 6.14. The summed E-state index contributed by atoms with van der Waals surface area (Å²) in [4.78, 5) is 27.5. The predicted octanol–water partition coefficient (Wildman–Crippen LogP) is 5.95. The maximum Gasteiger partial charge on any atom is 0.277 e. The second kappa shape index (κ2) is 9.66. The fourth-order valence-electron chi connectivity index (χ4n) is 5.70. The smallest absolute Gasteiger partial charge is 0.277 e. The van der Waals surface area contributed by atoms with Crippen LogP contribution in [0.25, 0.3) is 5.69 Å². The monoisotopic (exact) mass is 521 g/mol. The highest BCUT2D eigenvalue weighted by atomic mass is 16.5. The molecular weight excluding hydrogens is 490 g/mol. The summed E-state index contributed by atoms with van der Waals surface area (Å²) >= 11 is 0. The fraction of sp³-hybridized carbons (Fsp3) is 0.250. The third-order valence-corrected chi connectivity index (χ3v) is 7.47. The molecule has 2 heterocycles. The SMILES string of the molecule is COc1cc(C2C3=C(CC(C)(C)CC3=O)Nc3[nH]n(-c4ccccc4)c(=O)c32)ccc1OCc1ccccc1. The zero-order valence-electron chi connectivity index (χ0n) is 22.3. The van der Waals surface area contributed by atoms with Gasteiger partial charge in [-0.3, -0.25) is 14.7 Å². The summed E-state index contributed by atoms with van der Waals surface area (Å²) in [6.45, 7) is 4.60. The van der Waals surface area contributed by atoms with Crippen LogP contribution in [0.2, 0.25) is 0 Å². The third-order valence-electron chi connectivity index (χ3n) is 7.47. The van der Waals surface area contributed by atoms with Gasteiger partial charge in [0.15, 0.2) is 17.3 Å². The van der Waals surface area contributed by atoms with Gasteiger partial charge in [0, 0.05) is 23.6 Å². The number of ketones is 1. The molecule has 6 rings (SSSR count). The van der Waals surface area contributed by atoms with E-state index in [-0.39, 0.29) is 16.8 Å². The highest BCUT2D eigenvalue weighted by Gasteiger charge is 2.43. The lowest BCUT2D eigenvalue weighted by Gasteiger charge is -2.38. The van der Waals surface area contributed by atoms with Gasteiger partial charge in [0.1, 0.15) is 12.4 Å². The average molecular weight is 522 g/mol. The standard InChI is InChI=1S/C32H31N3O4/c1-32(2)17-23-28(24(36)18-32)27(29-30(33-23)34-35(31(29)37)22-12-8-5-9-13-22)21-14-15-25(26(16-21)38-3)39-19-20-10-6-4-7-11-20/h4-16,27,33-34H,17-19H2,1-3H3. The molecule has 198 valence electrons. The number of aromatic nitrogens is 2. The number of para-hydroxylation sites is 1. The Morgan fingerprint density at radius 3 is 2.36 bits per heavy atom. The number of rotatable bonds is 6. The summed E-state index contributed by atoms with van der Waals surface area (Å²) in [5, 5.41) is 6.68. The Bertz CT molecular complexity index is 1630. The zero-order valence-corrected chi connectivity index (χ0v) is 22.3. The van der Waals surface area contributed by atoms with Crippen LogP contribution in [-0.4, -0.2) is 22.7 Å². The van der Waals surface area contributed by atoms with Crippen molar-refractivity contribution < 1.29 is 14.3 Å². The second-order valence-corrected chi connectivity index (χ2v) is 11.0. The highest BCUT2D eigenvalue weighted by Crippen LogP contribution is 2.48. The number of nitrogens with zero attached hydrogens (tertiary/aromatic N) is 1. The summed E-state index contributed by atoms with van der Waals surface area (Å²) in [5.41, 5.74) is 4.23. The lowest BCUT2D eigenvalue weighted by atomic mass is 9.69. The lowest BCUT2D eigenvalue weighted by molar-refractivity contribution is -0.118. The normalized spacial score (nSPS) is 17.7. The number of ether oxygens (including phenoxy) is 2. The molecule has 0 bridgehead atoms. The van der Waals surface area contributed by atoms with E-state index in [9.17, 15) is 9.59 Å². The summed E-state index contributed by atoms with van der Waals surface area (Å²) in [7, 11) is 1.60. The summed E-state index contributed by atoms with van der Waals surface area (Å²) in [6.07, 6.45) is 1.13. The van der Waals surface area contributed by atoms with Crippen molar-refractivity contribution in [2.75, 3.05) is 12.4 Å². The Morgan fingerprint density at radius 1 is 0.923 bits per heavy atom. The first kappa shape index (κ1) is 24.8. The van der Waals surface area contributed by atoms with E-state index in [0.29, 0.717) is 47.9 Å². The number of hydrogen-bond donors (Lipinski definition) is 2. The van der Waals surface area contributed by atoms with Gasteiger partial charge < -0.3 is 14.8 Å². The van der Waals surface area contributed by atoms with E-state index in [2.05, 4.69) is 24.3 Å². The minimum Gasteiger partial charge on any atom is -0.493 e. The molecular formula is C32H31N3O4. The molecule has 0 fully saturated rings. The van der Waals surface area contributed by atoms with Crippen molar-refractivity contribution in [3.05, 3.63) is 117 Å². The van der Waals surface area contributed by atoms with Gasteiger partial charge >= 0.3 is 0 Å². The number of aromatic amines is 1. The molecule has 2 aliphatic rings. The van der Waals surface area contributed by atoms with E-state index < -0.39 is 5.92 Å². The number of H-pyrrole nitrogens is 1. The van der Waals surface area contributed by atoms with Crippen molar-refractivity contribution in [1.29, 1.82) is 0 Å². The van der Waals surface area contributed by atoms with E-state index in [1.165, 1.54) is 4.68 Å². The first-order valence-electron chi connectivity index (χ1n) is 13.1. The maximum absolute atomic E-state index is 13.9. The summed E-state index contributed by atoms with van der Waals surface area (Å²) < 4.78 is 13.3. The van der Waals surface area contributed by atoms with E-state index in [4.69, 9.17) is 9.47 Å². The largest absolute Gasteiger partial charge is 0.493 e. The van der Waals surface area contributed by atoms with Crippen LogP contribution in [0.1, 0.15) is 49.3 Å². The molecule has 1 unspecified atom stereocenters. The molecule has 3 aromatic carbocycles. The van der Waals surface area contributed by atoms with Crippen LogP contribution < -0.4 is 20.3 Å². The number of hydrogen-bond acceptors (Lipinski definition) is 5. The number of benzene rings is 3. The van der Waals surface area contributed by atoms with Gasteiger partial charge in [-0.05, 0) is 47.2 Å². The first-order valence-corrected chi connectivity index (χ1v) is 13.1. The second-order valence-electron chi connectivity index (χ2n) is 11.0. The average Bonchev–Trinajstić information content (AvgIpc) is 3.26. The molecule has 0 radical (unpaired) electrons. The van der Waals surface area contributed by atoms with Crippen LogP contribution in [-0.2, 0) is 11.4 Å². The van der Waals surface area contributed by atoms with Crippen LogP contribution in [0.3, 0.4) is 0 Å². The van der Waals surface area contributed by atoms with Gasteiger partial charge in [0.2, 0.25) is 0 Å². The van der Waals surface area contributed by atoms with Crippen molar-refractivity contribution >= 4 is 11.6 Å². The van der Waals surface area contributed by atoms with Crippen LogP contribution >= 0.6 is 0 Å². The quantitative estimate of drug-likeness (QED) is 0.327. The van der Waals surface area contributed by atoms with Crippen LogP contribution in [0.15, 0.2) is 94.9 Å². The number of carbonyl (C=O) groups is 1. The number of carbonyl (C=O) groups excluding carboxylic acids is 1. The molecule has 0 amide bonds. The van der Waals surface area contributed by atoms with Crippen molar-refractivity contribution in [2.24, 2.45) is 5.41 Å². The van der Waals surface area contributed by atoms with Gasteiger partial charge in [0.05, 0.1) is 18.4 Å². The number of Topliss-reactive ketones (excluding diaryl/α,β-unsaturated/α-hetero) is 1. The molecule has 7 nitrogen and oxygen atoms in total. The molecule has 39 heavy (non-hydrogen) atoms. The van der Waals surface area contributed by atoms with Crippen molar-refractivity contribution in [3.8, 4) is 17.2 Å². The molecule has 7 heteroatoms. The zero-order chi connectivity index (χ0) is 27.1. The summed E-state index contributed by atoms with van der Waals surface area (Å²) in [5.74, 6) is 1.28. The van der Waals surface area contributed by atoms with Crippen molar-refractivity contribution in [1.82, 2.24) is 9.78 Å². The first-order chi connectivity index (χ1) is 18.8. The van der Waals surface area contributed by atoms with Crippen LogP contribution in [0.4, 0.5) is 5.82 Å².